The zero-order chi connectivity index (χ0) is 6.85. The molecule has 0 amide bonds. The Hall–Kier alpha value is -0.610. The molecule has 0 aromatic heterocycles. The van der Waals surface area contributed by atoms with Gasteiger partial charge >= 0.3 is 5.97 Å². The van der Waals surface area contributed by atoms with Gasteiger partial charge in [0.05, 0.1) is 12.5 Å². The topological polar surface area (TPSA) is 61.5 Å². The van der Waals surface area contributed by atoms with Crippen LogP contribution >= 0.6 is 0 Å². The van der Waals surface area contributed by atoms with Crippen LogP contribution in [0.15, 0.2) is 0 Å². The van der Waals surface area contributed by atoms with Gasteiger partial charge in [-0.2, -0.15) is 0 Å². The lowest BCUT2D eigenvalue weighted by atomic mass is 10.2. The van der Waals surface area contributed by atoms with Gasteiger partial charge in [-0.3, -0.25) is 4.79 Å². The van der Waals surface area contributed by atoms with Gasteiger partial charge in [-0.15, -0.1) is 0 Å². The van der Waals surface area contributed by atoms with E-state index in [0.29, 0.717) is 0 Å². The maximum Gasteiger partial charge on any atom is 0.309 e. The number of hydrogen-bond donors (Lipinski definition) is 1. The van der Waals surface area contributed by atoms with E-state index in [4.69, 9.17) is 10.5 Å². The highest BCUT2D eigenvalue weighted by Gasteiger charge is 2.31. The van der Waals surface area contributed by atoms with E-state index in [0.717, 1.165) is 0 Å². The van der Waals surface area contributed by atoms with Crippen LogP contribution in [-0.4, -0.2) is 25.4 Å². The lowest BCUT2D eigenvalue weighted by Gasteiger charge is -2.09. The van der Waals surface area contributed by atoms with Crippen molar-refractivity contribution in [1.82, 2.24) is 0 Å². The number of esters is 1. The number of methoxy groups -OCH3 is 1. The zero-order valence-electron chi connectivity index (χ0n) is 5.16. The first-order valence-corrected chi connectivity index (χ1v) is 2.72. The third-order valence-electron chi connectivity index (χ3n) is 1.23. The summed E-state index contributed by atoms with van der Waals surface area (Å²) in [7, 11) is 1.46. The van der Waals surface area contributed by atoms with Crippen molar-refractivity contribution in [1.29, 1.82) is 0 Å². The van der Waals surface area contributed by atoms with E-state index in [2.05, 4.69) is 4.74 Å². The first-order chi connectivity index (χ1) is 4.24. The smallest absolute Gasteiger partial charge is 0.309 e. The highest BCUT2D eigenvalue weighted by molar-refractivity contribution is 5.72. The molecule has 1 saturated heterocycles. The number of carbonyl (C=O) groups is 1. The summed E-state index contributed by atoms with van der Waals surface area (Å²) in [6.07, 6.45) is -0.268. The van der Waals surface area contributed by atoms with E-state index in [9.17, 15) is 4.79 Å². The third-order valence-corrected chi connectivity index (χ3v) is 1.23. The quantitative estimate of drug-likeness (QED) is 0.475. The molecule has 1 aliphatic heterocycles. The largest absolute Gasteiger partial charge is 0.434 e. The van der Waals surface area contributed by atoms with Crippen LogP contribution in [0.5, 0.6) is 0 Å². The highest BCUT2D eigenvalue weighted by atomic mass is 16.7. The molecule has 52 valence electrons. The molecule has 1 fully saturated rings. The molecule has 1 rings (SSSR count). The summed E-state index contributed by atoms with van der Waals surface area (Å²) in [6, 6.07) is -0.289. The van der Waals surface area contributed by atoms with Crippen molar-refractivity contribution in [3.05, 3.63) is 0 Å². The Morgan fingerprint density at radius 3 is 2.78 bits per heavy atom. The summed E-state index contributed by atoms with van der Waals surface area (Å²) in [5.41, 5.74) is 5.41. The molecule has 4 heteroatoms. The molecule has 4 nitrogen and oxygen atoms in total. The summed E-state index contributed by atoms with van der Waals surface area (Å²) < 4.78 is 9.36. The SMILES string of the molecule is CO[C@H]1OC(=O)C[C@H]1N. The van der Waals surface area contributed by atoms with Gasteiger partial charge in [0.2, 0.25) is 6.29 Å². The standard InChI is InChI=1S/C5H9NO3/c1-8-5-3(6)2-4(7)9-5/h3,5H,2,6H2,1H3/t3-,5+/m1/s1. The maximum atomic E-state index is 10.4. The molecule has 9 heavy (non-hydrogen) atoms. The Bertz CT molecular complexity index is 125. The lowest BCUT2D eigenvalue weighted by Crippen LogP contribution is -2.31. The number of rotatable bonds is 1. The van der Waals surface area contributed by atoms with Crippen LogP contribution in [0.3, 0.4) is 0 Å². The van der Waals surface area contributed by atoms with E-state index >= 15 is 0 Å². The summed E-state index contributed by atoms with van der Waals surface area (Å²) in [4.78, 5) is 10.4. The fourth-order valence-electron chi connectivity index (χ4n) is 0.777. The normalized spacial score (nSPS) is 34.7. The van der Waals surface area contributed by atoms with Crippen molar-refractivity contribution in [2.75, 3.05) is 7.11 Å². The van der Waals surface area contributed by atoms with E-state index in [1.165, 1.54) is 7.11 Å². The average Bonchev–Trinajstić information content (AvgIpc) is 2.10. The number of ether oxygens (including phenoxy) is 2. The Morgan fingerprint density at radius 1 is 1.89 bits per heavy atom. The third kappa shape index (κ3) is 1.20. The molecule has 0 radical (unpaired) electrons. The molecule has 0 unspecified atom stereocenters. The maximum absolute atomic E-state index is 10.4. The van der Waals surface area contributed by atoms with Gasteiger partial charge in [0.25, 0.3) is 0 Å². The van der Waals surface area contributed by atoms with Gasteiger partial charge in [0.1, 0.15) is 0 Å². The van der Waals surface area contributed by atoms with E-state index in [1.807, 2.05) is 0 Å². The van der Waals surface area contributed by atoms with Crippen LogP contribution < -0.4 is 5.73 Å². The Kier molecular flexibility index (Phi) is 1.68. The molecule has 0 bridgehead atoms. The van der Waals surface area contributed by atoms with Crippen molar-refractivity contribution in [3.63, 3.8) is 0 Å². The predicted octanol–water partition coefficient (Wildman–Crippen LogP) is -0.767. The number of hydrogen-bond acceptors (Lipinski definition) is 4. The first kappa shape index (κ1) is 6.51. The number of cyclic esters (lactones) is 1. The fraction of sp³-hybridized carbons (Fsp3) is 0.800. The monoisotopic (exact) mass is 131 g/mol. The van der Waals surface area contributed by atoms with Gasteiger partial charge in [-0.1, -0.05) is 0 Å². The molecule has 0 aromatic rings. The minimum atomic E-state index is -0.530. The van der Waals surface area contributed by atoms with Gasteiger partial charge in [-0.25, -0.2) is 0 Å². The molecule has 0 aromatic carbocycles. The molecule has 0 saturated carbocycles. The van der Waals surface area contributed by atoms with Crippen LogP contribution in [0, 0.1) is 0 Å². The molecular formula is C5H9NO3. The molecule has 2 N–H and O–H groups in total. The van der Waals surface area contributed by atoms with Crippen molar-refractivity contribution in [2.45, 2.75) is 18.8 Å². The van der Waals surface area contributed by atoms with Crippen molar-refractivity contribution in [3.8, 4) is 0 Å². The zero-order valence-corrected chi connectivity index (χ0v) is 5.16. The van der Waals surface area contributed by atoms with Crippen molar-refractivity contribution in [2.24, 2.45) is 5.73 Å². The Balaban J connectivity index is 2.47. The van der Waals surface area contributed by atoms with Crippen LogP contribution in [0.1, 0.15) is 6.42 Å². The molecule has 2 atom stereocenters. The Morgan fingerprint density at radius 2 is 2.56 bits per heavy atom. The van der Waals surface area contributed by atoms with E-state index in [-0.39, 0.29) is 18.4 Å². The predicted molar refractivity (Wildman–Crippen MR) is 29.5 cm³/mol. The van der Waals surface area contributed by atoms with Crippen LogP contribution in [-0.2, 0) is 14.3 Å². The lowest BCUT2D eigenvalue weighted by molar-refractivity contribution is -0.158. The van der Waals surface area contributed by atoms with Gasteiger partial charge in [0.15, 0.2) is 0 Å². The molecule has 0 aliphatic carbocycles. The van der Waals surface area contributed by atoms with Gasteiger partial charge in [-0.05, 0) is 0 Å². The van der Waals surface area contributed by atoms with Crippen LogP contribution in [0.25, 0.3) is 0 Å². The second kappa shape index (κ2) is 2.33. The number of carbonyl (C=O) groups excluding carboxylic acids is 1. The van der Waals surface area contributed by atoms with Crippen LogP contribution in [0.4, 0.5) is 0 Å². The Labute approximate surface area is 52.9 Å². The average molecular weight is 131 g/mol. The minimum absolute atomic E-state index is 0.262. The fourth-order valence-corrected chi connectivity index (χ4v) is 0.777. The second-order valence-corrected chi connectivity index (χ2v) is 1.96. The molecule has 1 aliphatic rings. The summed E-state index contributed by atoms with van der Waals surface area (Å²) in [5.74, 6) is -0.283. The van der Waals surface area contributed by atoms with E-state index < -0.39 is 6.29 Å². The summed E-state index contributed by atoms with van der Waals surface area (Å²) in [5, 5.41) is 0. The number of nitrogens with two attached hydrogens (primary N) is 1. The molecule has 0 spiro atoms. The van der Waals surface area contributed by atoms with Gasteiger partial charge in [0, 0.05) is 7.11 Å². The van der Waals surface area contributed by atoms with Gasteiger partial charge < -0.3 is 15.2 Å². The molecular weight excluding hydrogens is 122 g/mol. The summed E-state index contributed by atoms with van der Waals surface area (Å²) in [6.45, 7) is 0. The van der Waals surface area contributed by atoms with E-state index in [1.54, 1.807) is 0 Å². The van der Waals surface area contributed by atoms with Crippen molar-refractivity contribution >= 4 is 5.97 Å². The van der Waals surface area contributed by atoms with Crippen LogP contribution in [0.2, 0.25) is 0 Å². The summed E-state index contributed by atoms with van der Waals surface area (Å²) >= 11 is 0. The second-order valence-electron chi connectivity index (χ2n) is 1.96. The minimum Gasteiger partial charge on any atom is -0.434 e. The molecule has 1 heterocycles. The first-order valence-electron chi connectivity index (χ1n) is 2.72. The highest BCUT2D eigenvalue weighted by Crippen LogP contribution is 2.12. The van der Waals surface area contributed by atoms with Crippen molar-refractivity contribution < 1.29 is 14.3 Å².